The SMILES string of the molecule is COc1ccccc1CCC=C(NC(=O)OCc1ccccc1)C(=O)O. The maximum atomic E-state index is 11.8. The lowest BCUT2D eigenvalue weighted by molar-refractivity contribution is -0.133. The van der Waals surface area contributed by atoms with Crippen molar-refractivity contribution in [3.63, 3.8) is 0 Å². The minimum atomic E-state index is -1.22. The molecule has 6 nitrogen and oxygen atoms in total. The number of nitrogens with one attached hydrogen (secondary N) is 1. The van der Waals surface area contributed by atoms with Gasteiger partial charge in [-0.1, -0.05) is 54.6 Å². The van der Waals surface area contributed by atoms with Crippen molar-refractivity contribution in [2.24, 2.45) is 0 Å². The van der Waals surface area contributed by atoms with Crippen LogP contribution in [0.25, 0.3) is 0 Å². The molecule has 0 aliphatic rings. The lowest BCUT2D eigenvalue weighted by atomic mass is 10.1. The van der Waals surface area contributed by atoms with E-state index in [2.05, 4.69) is 5.32 Å². The van der Waals surface area contributed by atoms with E-state index in [1.165, 1.54) is 6.08 Å². The number of carbonyl (C=O) groups excluding carboxylic acids is 1. The van der Waals surface area contributed by atoms with Gasteiger partial charge in [-0.25, -0.2) is 9.59 Å². The number of benzene rings is 2. The van der Waals surface area contributed by atoms with Gasteiger partial charge < -0.3 is 14.6 Å². The Morgan fingerprint density at radius 1 is 1.08 bits per heavy atom. The van der Waals surface area contributed by atoms with Gasteiger partial charge in [-0.05, 0) is 30.0 Å². The molecular formula is C20H21NO5. The van der Waals surface area contributed by atoms with E-state index in [0.29, 0.717) is 12.8 Å². The summed E-state index contributed by atoms with van der Waals surface area (Å²) in [5.74, 6) is -0.477. The number of alkyl carbamates (subject to hydrolysis) is 1. The zero-order valence-electron chi connectivity index (χ0n) is 14.5. The summed E-state index contributed by atoms with van der Waals surface area (Å²) in [6, 6.07) is 16.7. The van der Waals surface area contributed by atoms with E-state index in [-0.39, 0.29) is 12.3 Å². The van der Waals surface area contributed by atoms with E-state index in [1.807, 2.05) is 54.6 Å². The van der Waals surface area contributed by atoms with Crippen LogP contribution in [-0.4, -0.2) is 24.3 Å². The first-order chi connectivity index (χ1) is 12.6. The van der Waals surface area contributed by atoms with E-state index in [9.17, 15) is 14.7 Å². The molecule has 6 heteroatoms. The van der Waals surface area contributed by atoms with Gasteiger partial charge in [0, 0.05) is 0 Å². The highest BCUT2D eigenvalue weighted by molar-refractivity contribution is 5.90. The molecule has 0 saturated carbocycles. The maximum absolute atomic E-state index is 11.8. The van der Waals surface area contributed by atoms with E-state index in [0.717, 1.165) is 16.9 Å². The van der Waals surface area contributed by atoms with Crippen molar-refractivity contribution in [3.05, 3.63) is 77.5 Å². The fourth-order valence-corrected chi connectivity index (χ4v) is 2.34. The van der Waals surface area contributed by atoms with E-state index in [4.69, 9.17) is 9.47 Å². The largest absolute Gasteiger partial charge is 0.496 e. The smallest absolute Gasteiger partial charge is 0.412 e. The molecule has 0 heterocycles. The minimum Gasteiger partial charge on any atom is -0.496 e. The van der Waals surface area contributed by atoms with Crippen molar-refractivity contribution < 1.29 is 24.2 Å². The third kappa shape index (κ3) is 5.98. The Kier molecular flexibility index (Phi) is 7.24. The second kappa shape index (κ2) is 9.88. The first-order valence-electron chi connectivity index (χ1n) is 8.13. The Morgan fingerprint density at radius 2 is 1.77 bits per heavy atom. The molecular weight excluding hydrogens is 334 g/mol. The summed E-state index contributed by atoms with van der Waals surface area (Å²) in [7, 11) is 1.58. The van der Waals surface area contributed by atoms with Crippen molar-refractivity contribution in [1.29, 1.82) is 0 Å². The van der Waals surface area contributed by atoms with Crippen LogP contribution in [0.1, 0.15) is 17.5 Å². The van der Waals surface area contributed by atoms with Crippen molar-refractivity contribution in [2.45, 2.75) is 19.4 Å². The summed E-state index contributed by atoms with van der Waals surface area (Å²) in [5, 5.41) is 11.5. The molecule has 2 aromatic carbocycles. The molecule has 0 radical (unpaired) electrons. The average molecular weight is 355 g/mol. The number of aliphatic carboxylic acids is 1. The molecule has 0 atom stereocenters. The van der Waals surface area contributed by atoms with Crippen LogP contribution in [0.4, 0.5) is 4.79 Å². The summed E-state index contributed by atoms with van der Waals surface area (Å²) in [5.41, 5.74) is 1.57. The molecule has 136 valence electrons. The molecule has 2 rings (SSSR count). The molecule has 0 fully saturated rings. The zero-order chi connectivity index (χ0) is 18.8. The Bertz CT molecular complexity index is 771. The van der Waals surface area contributed by atoms with Crippen molar-refractivity contribution in [1.82, 2.24) is 5.32 Å². The molecule has 2 aromatic rings. The van der Waals surface area contributed by atoms with Crippen LogP contribution >= 0.6 is 0 Å². The van der Waals surface area contributed by atoms with Gasteiger partial charge in [0.05, 0.1) is 7.11 Å². The molecule has 1 amide bonds. The first-order valence-corrected chi connectivity index (χ1v) is 8.13. The molecule has 0 unspecified atom stereocenters. The van der Waals surface area contributed by atoms with Crippen LogP contribution in [-0.2, 0) is 22.6 Å². The van der Waals surface area contributed by atoms with Gasteiger partial charge in [0.2, 0.25) is 0 Å². The normalized spacial score (nSPS) is 10.9. The summed E-state index contributed by atoms with van der Waals surface area (Å²) in [4.78, 5) is 23.1. The predicted molar refractivity (Wildman–Crippen MR) is 96.8 cm³/mol. The fourth-order valence-electron chi connectivity index (χ4n) is 2.34. The molecule has 0 bridgehead atoms. The van der Waals surface area contributed by atoms with Gasteiger partial charge in [-0.3, -0.25) is 5.32 Å². The monoisotopic (exact) mass is 355 g/mol. The Balaban J connectivity index is 1.89. The van der Waals surface area contributed by atoms with E-state index >= 15 is 0 Å². The molecule has 2 N–H and O–H groups in total. The molecule has 0 spiro atoms. The highest BCUT2D eigenvalue weighted by Gasteiger charge is 2.12. The summed E-state index contributed by atoms with van der Waals surface area (Å²) in [6.45, 7) is 0.0702. The number of hydrogen-bond acceptors (Lipinski definition) is 4. The van der Waals surface area contributed by atoms with Crippen LogP contribution in [0.15, 0.2) is 66.4 Å². The standard InChI is InChI=1S/C20H21NO5/c1-25-18-13-6-5-10-16(18)11-7-12-17(19(22)23)21-20(24)26-14-15-8-3-2-4-9-15/h2-6,8-10,12-13H,7,11,14H2,1H3,(H,21,24)(H,22,23). The van der Waals surface area contributed by atoms with Crippen molar-refractivity contribution in [2.75, 3.05) is 7.11 Å². The quantitative estimate of drug-likeness (QED) is 0.708. The number of rotatable bonds is 8. The Morgan fingerprint density at radius 3 is 2.46 bits per heavy atom. The number of hydrogen-bond donors (Lipinski definition) is 2. The molecule has 0 saturated heterocycles. The van der Waals surface area contributed by atoms with Gasteiger partial charge in [0.1, 0.15) is 18.1 Å². The lowest BCUT2D eigenvalue weighted by Crippen LogP contribution is -2.28. The molecule has 0 aromatic heterocycles. The van der Waals surface area contributed by atoms with Gasteiger partial charge in [-0.2, -0.15) is 0 Å². The third-order valence-corrected chi connectivity index (χ3v) is 3.63. The van der Waals surface area contributed by atoms with E-state index in [1.54, 1.807) is 7.11 Å². The second-order valence-electron chi connectivity index (χ2n) is 5.46. The summed E-state index contributed by atoms with van der Waals surface area (Å²) < 4.78 is 10.3. The van der Waals surface area contributed by atoms with Crippen molar-refractivity contribution >= 4 is 12.1 Å². The first kappa shape index (κ1) is 19.1. The van der Waals surface area contributed by atoms with Crippen LogP contribution in [0.3, 0.4) is 0 Å². The van der Waals surface area contributed by atoms with Gasteiger partial charge in [-0.15, -0.1) is 0 Å². The molecule has 0 aliphatic heterocycles. The number of aryl methyl sites for hydroxylation is 1. The summed E-state index contributed by atoms with van der Waals surface area (Å²) >= 11 is 0. The minimum absolute atomic E-state index is 0.0702. The highest BCUT2D eigenvalue weighted by Crippen LogP contribution is 2.19. The number of amides is 1. The topological polar surface area (TPSA) is 84.9 Å². The fraction of sp³-hybridized carbons (Fsp3) is 0.200. The Labute approximate surface area is 152 Å². The van der Waals surface area contributed by atoms with Crippen LogP contribution < -0.4 is 10.1 Å². The number of methoxy groups -OCH3 is 1. The molecule has 26 heavy (non-hydrogen) atoms. The maximum Gasteiger partial charge on any atom is 0.412 e. The number of allylic oxidation sites excluding steroid dienone is 1. The van der Waals surface area contributed by atoms with Crippen LogP contribution in [0, 0.1) is 0 Å². The van der Waals surface area contributed by atoms with Crippen molar-refractivity contribution in [3.8, 4) is 5.75 Å². The summed E-state index contributed by atoms with van der Waals surface area (Å²) in [6.07, 6.45) is 1.67. The predicted octanol–water partition coefficient (Wildman–Crippen LogP) is 3.52. The van der Waals surface area contributed by atoms with E-state index < -0.39 is 12.1 Å². The Hall–Kier alpha value is -3.28. The van der Waals surface area contributed by atoms with Gasteiger partial charge >= 0.3 is 12.1 Å². The number of para-hydroxylation sites is 1. The zero-order valence-corrected chi connectivity index (χ0v) is 14.5. The lowest BCUT2D eigenvalue weighted by Gasteiger charge is -2.09. The number of carboxylic acids is 1. The van der Waals surface area contributed by atoms with Crippen LogP contribution in [0.2, 0.25) is 0 Å². The number of ether oxygens (including phenoxy) is 2. The highest BCUT2D eigenvalue weighted by atomic mass is 16.5. The number of carboxylic acid groups (broad SMARTS) is 1. The van der Waals surface area contributed by atoms with Gasteiger partial charge in [0.25, 0.3) is 0 Å². The van der Waals surface area contributed by atoms with Crippen LogP contribution in [0.5, 0.6) is 5.75 Å². The average Bonchev–Trinajstić information content (AvgIpc) is 2.66. The third-order valence-electron chi connectivity index (χ3n) is 3.63. The number of carbonyl (C=O) groups is 2. The van der Waals surface area contributed by atoms with Gasteiger partial charge in [0.15, 0.2) is 0 Å². The molecule has 0 aliphatic carbocycles. The second-order valence-corrected chi connectivity index (χ2v) is 5.46.